The summed E-state index contributed by atoms with van der Waals surface area (Å²) in [7, 11) is 1.62. The fourth-order valence-electron chi connectivity index (χ4n) is 1.38. The molecular weight excluding hydrogens is 216 g/mol. The highest BCUT2D eigenvalue weighted by atomic mass is 16.5. The van der Waals surface area contributed by atoms with E-state index in [1.165, 1.54) is 0 Å². The predicted molar refractivity (Wildman–Crippen MR) is 65.9 cm³/mol. The highest BCUT2D eigenvalue weighted by molar-refractivity contribution is 5.32. The molecule has 1 unspecified atom stereocenters. The molecule has 0 aliphatic carbocycles. The van der Waals surface area contributed by atoms with Crippen LogP contribution in [-0.2, 0) is 0 Å². The Morgan fingerprint density at radius 1 is 1.41 bits per heavy atom. The number of nitrogens with two attached hydrogens (primary N) is 1. The summed E-state index contributed by atoms with van der Waals surface area (Å²) < 4.78 is 10.6. The number of benzene rings is 1. The molecule has 0 spiro atoms. The first-order chi connectivity index (χ1) is 8.07. The van der Waals surface area contributed by atoms with Crippen molar-refractivity contribution in [3.8, 4) is 17.6 Å². The van der Waals surface area contributed by atoms with Crippen LogP contribution in [0.2, 0.25) is 0 Å². The van der Waals surface area contributed by atoms with Crippen molar-refractivity contribution in [3.63, 3.8) is 0 Å². The maximum Gasteiger partial charge on any atom is 0.122 e. The molecule has 0 aliphatic rings. The predicted octanol–water partition coefficient (Wildman–Crippen LogP) is 2.10. The molecule has 0 fully saturated rings. The van der Waals surface area contributed by atoms with Crippen LogP contribution in [0.25, 0.3) is 0 Å². The maximum absolute atomic E-state index is 8.75. The fourth-order valence-corrected chi connectivity index (χ4v) is 1.38. The monoisotopic (exact) mass is 234 g/mol. The van der Waals surface area contributed by atoms with E-state index in [2.05, 4.69) is 6.07 Å². The summed E-state index contributed by atoms with van der Waals surface area (Å²) >= 11 is 0. The van der Waals surface area contributed by atoms with Gasteiger partial charge < -0.3 is 15.2 Å². The van der Waals surface area contributed by atoms with Gasteiger partial charge in [-0.05, 0) is 31.9 Å². The summed E-state index contributed by atoms with van der Waals surface area (Å²) in [5.41, 5.74) is 4.94. The van der Waals surface area contributed by atoms with Crippen LogP contribution >= 0.6 is 0 Å². The van der Waals surface area contributed by atoms with Gasteiger partial charge in [-0.2, -0.15) is 5.26 Å². The van der Waals surface area contributed by atoms with Crippen molar-refractivity contribution in [3.05, 3.63) is 24.3 Å². The minimum Gasteiger partial charge on any atom is -0.497 e. The Bertz CT molecular complexity index is 397. The molecule has 1 aromatic carbocycles. The van der Waals surface area contributed by atoms with Crippen molar-refractivity contribution >= 4 is 0 Å². The van der Waals surface area contributed by atoms with Gasteiger partial charge >= 0.3 is 0 Å². The third kappa shape index (κ3) is 4.75. The molecular formula is C13H18N2O2. The van der Waals surface area contributed by atoms with Crippen LogP contribution in [-0.4, -0.2) is 19.3 Å². The van der Waals surface area contributed by atoms with Crippen molar-refractivity contribution in [2.45, 2.75) is 25.3 Å². The zero-order valence-electron chi connectivity index (χ0n) is 10.3. The van der Waals surface area contributed by atoms with E-state index >= 15 is 0 Å². The second kappa shape index (κ2) is 6.12. The molecule has 0 heterocycles. The maximum atomic E-state index is 8.75. The molecule has 0 amide bonds. The molecule has 1 atom stereocenters. The van der Waals surface area contributed by atoms with Gasteiger partial charge in [0, 0.05) is 6.07 Å². The van der Waals surface area contributed by atoms with Crippen molar-refractivity contribution in [2.24, 2.45) is 5.73 Å². The van der Waals surface area contributed by atoms with Crippen LogP contribution in [0.1, 0.15) is 19.8 Å². The summed E-state index contributed by atoms with van der Waals surface area (Å²) in [4.78, 5) is 0. The number of hydrogen-bond donors (Lipinski definition) is 1. The van der Waals surface area contributed by atoms with Crippen molar-refractivity contribution < 1.29 is 9.47 Å². The molecule has 0 aliphatic heterocycles. The fraction of sp³-hybridized carbons (Fsp3) is 0.462. The van der Waals surface area contributed by atoms with E-state index in [-0.39, 0.29) is 0 Å². The molecule has 1 rings (SSSR count). The number of hydrogen-bond acceptors (Lipinski definition) is 4. The summed E-state index contributed by atoms with van der Waals surface area (Å²) in [5.74, 6) is 1.53. The molecule has 0 saturated carbocycles. The number of rotatable bonds is 6. The summed E-state index contributed by atoms with van der Waals surface area (Å²) in [6.07, 6.45) is 1.37. The molecule has 0 radical (unpaired) electrons. The minimum absolute atomic E-state index is 0.543. The van der Waals surface area contributed by atoms with Crippen LogP contribution in [0.4, 0.5) is 0 Å². The van der Waals surface area contributed by atoms with Crippen molar-refractivity contribution in [1.29, 1.82) is 5.26 Å². The lowest BCUT2D eigenvalue weighted by Gasteiger charge is -2.15. The molecule has 92 valence electrons. The molecule has 17 heavy (non-hydrogen) atoms. The Morgan fingerprint density at radius 3 is 2.76 bits per heavy atom. The van der Waals surface area contributed by atoms with Crippen molar-refractivity contribution in [2.75, 3.05) is 13.7 Å². The lowest BCUT2D eigenvalue weighted by atomic mass is 10.00. The topological polar surface area (TPSA) is 68.3 Å². The molecule has 0 aromatic heterocycles. The zero-order chi connectivity index (χ0) is 12.7. The quantitative estimate of drug-likeness (QED) is 0.765. The standard InChI is InChI=1S/C13H18N2O2/c1-13(15,10-14)7-4-8-17-12-6-3-5-11(9-12)16-2/h3,5-6,9H,4,7-8,15H2,1-2H3. The van der Waals surface area contributed by atoms with Crippen LogP contribution in [0.15, 0.2) is 24.3 Å². The number of nitriles is 1. The van der Waals surface area contributed by atoms with Crippen molar-refractivity contribution in [1.82, 2.24) is 0 Å². The molecule has 0 saturated heterocycles. The van der Waals surface area contributed by atoms with E-state index in [1.807, 2.05) is 24.3 Å². The first-order valence-electron chi connectivity index (χ1n) is 5.54. The van der Waals surface area contributed by atoms with E-state index < -0.39 is 5.54 Å². The minimum atomic E-state index is -0.766. The van der Waals surface area contributed by atoms with Gasteiger partial charge in [-0.3, -0.25) is 0 Å². The first kappa shape index (κ1) is 13.3. The second-order valence-corrected chi connectivity index (χ2v) is 4.16. The van der Waals surface area contributed by atoms with E-state index in [0.29, 0.717) is 13.0 Å². The van der Waals surface area contributed by atoms with Gasteiger partial charge in [0.25, 0.3) is 0 Å². The van der Waals surface area contributed by atoms with Crippen LogP contribution in [0.3, 0.4) is 0 Å². The number of nitrogens with zero attached hydrogens (tertiary/aromatic N) is 1. The summed E-state index contributed by atoms with van der Waals surface area (Å²) in [6, 6.07) is 9.49. The SMILES string of the molecule is COc1cccc(OCCCC(C)(N)C#N)c1. The largest absolute Gasteiger partial charge is 0.497 e. The van der Waals surface area contributed by atoms with E-state index in [9.17, 15) is 0 Å². The average Bonchev–Trinajstić information content (AvgIpc) is 2.35. The lowest BCUT2D eigenvalue weighted by molar-refractivity contribution is 0.294. The summed E-state index contributed by atoms with van der Waals surface area (Å²) in [5, 5.41) is 8.75. The third-order valence-corrected chi connectivity index (χ3v) is 2.41. The number of ether oxygens (including phenoxy) is 2. The number of methoxy groups -OCH3 is 1. The van der Waals surface area contributed by atoms with Gasteiger partial charge in [0.05, 0.1) is 19.8 Å². The first-order valence-corrected chi connectivity index (χ1v) is 5.54. The second-order valence-electron chi connectivity index (χ2n) is 4.16. The molecule has 4 heteroatoms. The highest BCUT2D eigenvalue weighted by Crippen LogP contribution is 2.19. The Hall–Kier alpha value is -1.73. The molecule has 1 aromatic rings. The van der Waals surface area contributed by atoms with Gasteiger partial charge in [0.2, 0.25) is 0 Å². The third-order valence-electron chi connectivity index (χ3n) is 2.41. The van der Waals surface area contributed by atoms with Gasteiger partial charge in [0.1, 0.15) is 17.0 Å². The molecule has 4 nitrogen and oxygen atoms in total. The summed E-state index contributed by atoms with van der Waals surface area (Å²) in [6.45, 7) is 2.26. The van der Waals surface area contributed by atoms with Gasteiger partial charge in [0.15, 0.2) is 0 Å². The Morgan fingerprint density at radius 2 is 2.12 bits per heavy atom. The Kier molecular flexibility index (Phi) is 4.80. The Labute approximate surface area is 102 Å². The van der Waals surface area contributed by atoms with Gasteiger partial charge in [-0.1, -0.05) is 6.07 Å². The van der Waals surface area contributed by atoms with Crippen LogP contribution in [0, 0.1) is 11.3 Å². The smallest absolute Gasteiger partial charge is 0.122 e. The normalized spacial score (nSPS) is 13.5. The van der Waals surface area contributed by atoms with Gasteiger partial charge in [-0.15, -0.1) is 0 Å². The average molecular weight is 234 g/mol. The van der Waals surface area contributed by atoms with Gasteiger partial charge in [-0.25, -0.2) is 0 Å². The Balaban J connectivity index is 2.34. The van der Waals surface area contributed by atoms with E-state index in [0.717, 1.165) is 17.9 Å². The molecule has 0 bridgehead atoms. The lowest BCUT2D eigenvalue weighted by Crippen LogP contribution is -2.34. The van der Waals surface area contributed by atoms with E-state index in [4.69, 9.17) is 20.5 Å². The highest BCUT2D eigenvalue weighted by Gasteiger charge is 2.16. The molecule has 2 N–H and O–H groups in total. The van der Waals surface area contributed by atoms with E-state index in [1.54, 1.807) is 14.0 Å². The van der Waals surface area contributed by atoms with Crippen LogP contribution in [0.5, 0.6) is 11.5 Å². The van der Waals surface area contributed by atoms with Crippen LogP contribution < -0.4 is 15.2 Å². The zero-order valence-corrected chi connectivity index (χ0v) is 10.3.